The Morgan fingerprint density at radius 2 is 1.48 bits per heavy atom. The van der Waals surface area contributed by atoms with E-state index in [1.54, 1.807) is 62.8 Å². The average Bonchev–Trinajstić information content (AvgIpc) is 2.61. The summed E-state index contributed by atoms with van der Waals surface area (Å²) in [6, 6.07) is 14.1. The molecular weight excluding hydrogens is 340 g/mol. The summed E-state index contributed by atoms with van der Waals surface area (Å²) in [6.45, 7) is 0. The third-order valence-corrected chi connectivity index (χ3v) is 4.39. The van der Waals surface area contributed by atoms with E-state index in [2.05, 4.69) is 10.3 Å². The minimum Gasteiger partial charge on any atom is -0.497 e. The highest BCUT2D eigenvalue weighted by atomic mass is 32.2. The summed E-state index contributed by atoms with van der Waals surface area (Å²) in [5.41, 5.74) is 1.36. The van der Waals surface area contributed by atoms with Crippen LogP contribution in [0.4, 0.5) is 11.4 Å². The van der Waals surface area contributed by atoms with Crippen LogP contribution in [0.25, 0.3) is 0 Å². The van der Waals surface area contributed by atoms with Crippen LogP contribution in [0.15, 0.2) is 64.6 Å². The first-order valence-corrected chi connectivity index (χ1v) is 9.30. The maximum atomic E-state index is 11.9. The van der Waals surface area contributed by atoms with Crippen molar-refractivity contribution in [2.24, 2.45) is 4.99 Å². The summed E-state index contributed by atoms with van der Waals surface area (Å²) in [7, 11) is -0.271. The first-order valence-electron chi connectivity index (χ1n) is 7.41. The van der Waals surface area contributed by atoms with Crippen LogP contribution in [0.1, 0.15) is 0 Å². The Morgan fingerprint density at radius 3 is 1.96 bits per heavy atom. The topological polar surface area (TPSA) is 77.0 Å². The molecule has 0 aromatic heterocycles. The van der Waals surface area contributed by atoms with Crippen LogP contribution in [-0.4, -0.2) is 35.1 Å². The number of sulfone groups is 1. The van der Waals surface area contributed by atoms with E-state index in [4.69, 9.17) is 9.47 Å². The van der Waals surface area contributed by atoms with Gasteiger partial charge < -0.3 is 14.8 Å². The van der Waals surface area contributed by atoms with Gasteiger partial charge in [-0.05, 0) is 48.5 Å². The Hall–Kier alpha value is -2.80. The lowest BCUT2D eigenvalue weighted by Gasteiger charge is -2.05. The van der Waals surface area contributed by atoms with E-state index < -0.39 is 9.84 Å². The largest absolute Gasteiger partial charge is 0.497 e. The van der Waals surface area contributed by atoms with Gasteiger partial charge in [0.25, 0.3) is 0 Å². The molecule has 0 aliphatic rings. The number of methoxy groups -OCH3 is 2. The highest BCUT2D eigenvalue weighted by molar-refractivity contribution is 7.95. The molecular formula is C18H20N2O4S. The number of hydrogen-bond acceptors (Lipinski definition) is 6. The SMILES string of the molecule is COc1ccc(N=C/C(=C/Nc2ccc(OC)cc2)S(C)(=O)=O)cc1. The molecule has 0 saturated carbocycles. The van der Waals surface area contributed by atoms with Crippen molar-refractivity contribution in [3.8, 4) is 11.5 Å². The molecule has 2 aromatic rings. The number of rotatable bonds is 7. The second kappa shape index (κ2) is 8.34. The lowest BCUT2D eigenvalue weighted by molar-refractivity contribution is 0.415. The normalized spacial score (nSPS) is 12.2. The zero-order chi connectivity index (χ0) is 18.3. The summed E-state index contributed by atoms with van der Waals surface area (Å²) in [6.07, 6.45) is 3.85. The zero-order valence-corrected chi connectivity index (χ0v) is 15.1. The maximum Gasteiger partial charge on any atom is 0.178 e. The van der Waals surface area contributed by atoms with E-state index >= 15 is 0 Å². The number of allylic oxidation sites excluding steroid dienone is 1. The van der Waals surface area contributed by atoms with Crippen LogP contribution in [0, 0.1) is 0 Å². The Labute approximate surface area is 147 Å². The van der Waals surface area contributed by atoms with Gasteiger partial charge in [-0.25, -0.2) is 8.42 Å². The monoisotopic (exact) mass is 360 g/mol. The predicted octanol–water partition coefficient (Wildman–Crippen LogP) is 3.40. The van der Waals surface area contributed by atoms with Crippen LogP contribution >= 0.6 is 0 Å². The van der Waals surface area contributed by atoms with Gasteiger partial charge in [0.15, 0.2) is 9.84 Å². The Morgan fingerprint density at radius 1 is 0.960 bits per heavy atom. The molecule has 0 spiro atoms. The Bertz CT molecular complexity index is 855. The van der Waals surface area contributed by atoms with Gasteiger partial charge >= 0.3 is 0 Å². The average molecular weight is 360 g/mol. The molecule has 0 radical (unpaired) electrons. The minimum absolute atomic E-state index is 0.0686. The van der Waals surface area contributed by atoms with E-state index in [9.17, 15) is 8.42 Å². The number of nitrogens with one attached hydrogen (secondary N) is 1. The van der Waals surface area contributed by atoms with Gasteiger partial charge in [0.2, 0.25) is 0 Å². The van der Waals surface area contributed by atoms with Crippen molar-refractivity contribution in [1.29, 1.82) is 0 Å². The summed E-state index contributed by atoms with van der Waals surface area (Å²) < 4.78 is 34.0. The highest BCUT2D eigenvalue weighted by Crippen LogP contribution is 2.18. The minimum atomic E-state index is -3.43. The third kappa shape index (κ3) is 5.65. The highest BCUT2D eigenvalue weighted by Gasteiger charge is 2.09. The van der Waals surface area contributed by atoms with Crippen LogP contribution in [0.5, 0.6) is 11.5 Å². The van der Waals surface area contributed by atoms with E-state index in [0.717, 1.165) is 17.7 Å². The number of ether oxygens (including phenoxy) is 2. The van der Waals surface area contributed by atoms with Crippen molar-refractivity contribution in [3.63, 3.8) is 0 Å². The second-order valence-electron chi connectivity index (χ2n) is 5.15. The van der Waals surface area contributed by atoms with E-state index in [-0.39, 0.29) is 4.91 Å². The lowest BCUT2D eigenvalue weighted by atomic mass is 10.3. The quantitative estimate of drug-likeness (QED) is 0.766. The van der Waals surface area contributed by atoms with Crippen LogP contribution in [0.2, 0.25) is 0 Å². The summed E-state index contributed by atoms with van der Waals surface area (Å²) in [4.78, 5) is 4.27. The number of benzene rings is 2. The van der Waals surface area contributed by atoms with Crippen molar-refractivity contribution in [3.05, 3.63) is 59.6 Å². The van der Waals surface area contributed by atoms with Crippen molar-refractivity contribution < 1.29 is 17.9 Å². The molecule has 6 nitrogen and oxygen atoms in total. The number of aliphatic imine (C=N–C) groups is 1. The Balaban J connectivity index is 2.18. The first-order chi connectivity index (χ1) is 11.9. The molecule has 0 unspecified atom stereocenters. The molecule has 1 N–H and O–H groups in total. The molecule has 2 rings (SSSR count). The third-order valence-electron chi connectivity index (χ3n) is 3.31. The molecule has 0 heterocycles. The Kier molecular flexibility index (Phi) is 6.19. The van der Waals surface area contributed by atoms with Crippen molar-refractivity contribution in [2.45, 2.75) is 0 Å². The van der Waals surface area contributed by atoms with Crippen molar-refractivity contribution in [2.75, 3.05) is 25.8 Å². The van der Waals surface area contributed by atoms with Gasteiger partial charge in [-0.15, -0.1) is 0 Å². The van der Waals surface area contributed by atoms with Gasteiger partial charge in [0.05, 0.1) is 19.9 Å². The lowest BCUT2D eigenvalue weighted by Crippen LogP contribution is -2.05. The molecule has 0 fully saturated rings. The van der Waals surface area contributed by atoms with Gasteiger partial charge in [-0.2, -0.15) is 0 Å². The number of nitrogens with zero attached hydrogens (tertiary/aromatic N) is 1. The van der Waals surface area contributed by atoms with Gasteiger partial charge in [0, 0.05) is 24.4 Å². The molecule has 2 aromatic carbocycles. The first kappa shape index (κ1) is 18.5. The molecule has 0 aliphatic heterocycles. The molecule has 132 valence electrons. The molecule has 0 atom stereocenters. The maximum absolute atomic E-state index is 11.9. The molecule has 7 heteroatoms. The smallest absolute Gasteiger partial charge is 0.178 e. The van der Waals surface area contributed by atoms with Crippen molar-refractivity contribution >= 4 is 27.4 Å². The summed E-state index contributed by atoms with van der Waals surface area (Å²) >= 11 is 0. The number of hydrogen-bond donors (Lipinski definition) is 1. The number of anilines is 1. The standard InChI is InChI=1S/C18H20N2O4S/c1-23-16-8-4-14(5-9-16)19-12-18(25(3,21)22)13-20-15-6-10-17(24-2)11-7-15/h4-13,19H,1-3H3/b18-12-,20-13?. The second-order valence-corrected chi connectivity index (χ2v) is 7.16. The zero-order valence-electron chi connectivity index (χ0n) is 14.3. The van der Waals surface area contributed by atoms with Gasteiger partial charge in [-0.1, -0.05) is 0 Å². The fourth-order valence-electron chi connectivity index (χ4n) is 1.89. The molecule has 0 amide bonds. The van der Waals surface area contributed by atoms with E-state index in [0.29, 0.717) is 11.4 Å². The van der Waals surface area contributed by atoms with Crippen LogP contribution in [0.3, 0.4) is 0 Å². The van der Waals surface area contributed by atoms with Gasteiger partial charge in [0.1, 0.15) is 16.4 Å². The van der Waals surface area contributed by atoms with Gasteiger partial charge in [-0.3, -0.25) is 4.99 Å². The summed E-state index contributed by atoms with van der Waals surface area (Å²) in [5, 5.41) is 2.95. The fraction of sp³-hybridized carbons (Fsp3) is 0.167. The van der Waals surface area contributed by atoms with Crippen LogP contribution < -0.4 is 14.8 Å². The molecule has 0 saturated heterocycles. The summed E-state index contributed by atoms with van der Waals surface area (Å²) in [5.74, 6) is 1.43. The van der Waals surface area contributed by atoms with E-state index in [1.165, 1.54) is 12.4 Å². The fourth-order valence-corrected chi connectivity index (χ4v) is 2.41. The van der Waals surface area contributed by atoms with E-state index in [1.807, 2.05) is 0 Å². The van der Waals surface area contributed by atoms with Crippen LogP contribution in [-0.2, 0) is 9.84 Å². The van der Waals surface area contributed by atoms with Crippen molar-refractivity contribution in [1.82, 2.24) is 0 Å². The molecule has 0 bridgehead atoms. The predicted molar refractivity (Wildman–Crippen MR) is 101 cm³/mol. The molecule has 25 heavy (non-hydrogen) atoms. The molecule has 0 aliphatic carbocycles.